The van der Waals surface area contributed by atoms with Crippen molar-refractivity contribution in [1.29, 1.82) is 0 Å². The number of hydrogen-bond acceptors (Lipinski definition) is 5. The SMILES string of the molecule is CCC(C)c1ccccc1OCC(=O)NNC(=S)NC(=O)c1ccc(OC(C)C)cc1. The molecule has 2 amide bonds. The van der Waals surface area contributed by atoms with Gasteiger partial charge >= 0.3 is 0 Å². The number of benzene rings is 2. The molecular formula is C23H29N3O4S. The van der Waals surface area contributed by atoms with Crippen LogP contribution in [0.25, 0.3) is 0 Å². The molecule has 1 atom stereocenters. The first-order chi connectivity index (χ1) is 14.8. The van der Waals surface area contributed by atoms with Crippen LogP contribution in [0.3, 0.4) is 0 Å². The molecule has 0 aliphatic carbocycles. The third-order valence-electron chi connectivity index (χ3n) is 4.45. The van der Waals surface area contributed by atoms with Crippen LogP contribution in [0.1, 0.15) is 56.0 Å². The third-order valence-corrected chi connectivity index (χ3v) is 4.66. The van der Waals surface area contributed by atoms with Gasteiger partial charge in [0.1, 0.15) is 11.5 Å². The average molecular weight is 444 g/mol. The molecule has 2 aromatic carbocycles. The van der Waals surface area contributed by atoms with E-state index in [1.54, 1.807) is 24.3 Å². The molecule has 0 spiro atoms. The summed E-state index contributed by atoms with van der Waals surface area (Å²) >= 11 is 5.06. The minimum Gasteiger partial charge on any atom is -0.491 e. The number of hydrazine groups is 1. The van der Waals surface area contributed by atoms with E-state index >= 15 is 0 Å². The molecular weight excluding hydrogens is 414 g/mol. The summed E-state index contributed by atoms with van der Waals surface area (Å²) in [5.41, 5.74) is 6.38. The van der Waals surface area contributed by atoms with Gasteiger partial charge < -0.3 is 9.47 Å². The van der Waals surface area contributed by atoms with Crippen LogP contribution in [0.15, 0.2) is 48.5 Å². The van der Waals surface area contributed by atoms with Gasteiger partial charge in [-0.25, -0.2) is 0 Å². The van der Waals surface area contributed by atoms with Crippen LogP contribution in [0, 0.1) is 0 Å². The zero-order valence-corrected chi connectivity index (χ0v) is 19.0. The average Bonchev–Trinajstić information content (AvgIpc) is 2.76. The Morgan fingerprint density at radius 1 is 1.00 bits per heavy atom. The number of para-hydroxylation sites is 1. The number of rotatable bonds is 8. The van der Waals surface area contributed by atoms with Crippen molar-refractivity contribution in [3.8, 4) is 11.5 Å². The van der Waals surface area contributed by atoms with Crippen LogP contribution in [0.4, 0.5) is 0 Å². The van der Waals surface area contributed by atoms with Gasteiger partial charge in [0, 0.05) is 5.56 Å². The quantitative estimate of drug-likeness (QED) is 0.426. The molecule has 2 aromatic rings. The number of carbonyl (C=O) groups excluding carboxylic acids is 2. The lowest BCUT2D eigenvalue weighted by Crippen LogP contribution is -2.49. The number of nitrogens with one attached hydrogen (secondary N) is 3. The summed E-state index contributed by atoms with van der Waals surface area (Å²) in [6, 6.07) is 14.3. The van der Waals surface area contributed by atoms with Crippen molar-refractivity contribution in [2.24, 2.45) is 0 Å². The van der Waals surface area contributed by atoms with Crippen LogP contribution in [-0.2, 0) is 4.79 Å². The van der Waals surface area contributed by atoms with Crippen molar-refractivity contribution in [2.75, 3.05) is 6.61 Å². The van der Waals surface area contributed by atoms with Crippen molar-refractivity contribution in [3.05, 3.63) is 59.7 Å². The Balaban J connectivity index is 1.78. The second-order valence-electron chi connectivity index (χ2n) is 7.28. The highest BCUT2D eigenvalue weighted by Gasteiger charge is 2.12. The van der Waals surface area contributed by atoms with Crippen molar-refractivity contribution in [3.63, 3.8) is 0 Å². The van der Waals surface area contributed by atoms with Gasteiger partial charge in [-0.1, -0.05) is 32.0 Å². The predicted molar refractivity (Wildman–Crippen MR) is 124 cm³/mol. The molecule has 0 fully saturated rings. The number of hydrogen-bond donors (Lipinski definition) is 3. The minimum absolute atomic E-state index is 0.0270. The lowest BCUT2D eigenvalue weighted by atomic mass is 9.98. The zero-order chi connectivity index (χ0) is 22.8. The van der Waals surface area contributed by atoms with Gasteiger partial charge in [0.05, 0.1) is 6.10 Å². The maximum atomic E-state index is 12.3. The van der Waals surface area contributed by atoms with Gasteiger partial charge in [-0.2, -0.15) is 0 Å². The Morgan fingerprint density at radius 2 is 1.68 bits per heavy atom. The maximum absolute atomic E-state index is 12.3. The standard InChI is InChI=1S/C23H29N3O4S/c1-5-16(4)19-8-6-7-9-20(19)29-14-21(27)25-26-23(31)24-22(28)17-10-12-18(13-11-17)30-15(2)3/h6-13,15-16H,5,14H2,1-4H3,(H,25,27)(H2,24,26,28,31). The van der Waals surface area contributed by atoms with E-state index < -0.39 is 11.8 Å². The van der Waals surface area contributed by atoms with E-state index in [0.717, 1.165) is 12.0 Å². The summed E-state index contributed by atoms with van der Waals surface area (Å²) in [4.78, 5) is 24.3. The first-order valence-electron chi connectivity index (χ1n) is 10.2. The molecule has 0 radical (unpaired) electrons. The number of carbonyl (C=O) groups is 2. The smallest absolute Gasteiger partial charge is 0.276 e. The van der Waals surface area contributed by atoms with E-state index in [9.17, 15) is 9.59 Å². The molecule has 0 saturated carbocycles. The summed E-state index contributed by atoms with van der Waals surface area (Å²) in [6.07, 6.45) is 1.02. The Bertz CT molecular complexity index is 900. The van der Waals surface area contributed by atoms with Crippen LogP contribution in [0.5, 0.6) is 11.5 Å². The molecule has 0 bridgehead atoms. The third kappa shape index (κ3) is 7.90. The molecule has 31 heavy (non-hydrogen) atoms. The second kappa shape index (κ2) is 11.9. The topological polar surface area (TPSA) is 88.7 Å². The molecule has 0 aliphatic heterocycles. The largest absolute Gasteiger partial charge is 0.491 e. The van der Waals surface area contributed by atoms with Crippen molar-refractivity contribution < 1.29 is 19.1 Å². The molecule has 166 valence electrons. The van der Waals surface area contributed by atoms with Gasteiger partial charge in [0.2, 0.25) is 0 Å². The van der Waals surface area contributed by atoms with E-state index in [4.69, 9.17) is 21.7 Å². The summed E-state index contributed by atoms with van der Waals surface area (Å²) < 4.78 is 11.2. The molecule has 8 heteroatoms. The highest BCUT2D eigenvalue weighted by atomic mass is 32.1. The number of amides is 2. The fraction of sp³-hybridized carbons (Fsp3) is 0.348. The second-order valence-corrected chi connectivity index (χ2v) is 7.69. The van der Waals surface area contributed by atoms with Crippen molar-refractivity contribution in [1.82, 2.24) is 16.2 Å². The van der Waals surface area contributed by atoms with Gasteiger partial charge in [0.15, 0.2) is 11.7 Å². The Kier molecular flexibility index (Phi) is 9.27. The molecule has 3 N–H and O–H groups in total. The highest BCUT2D eigenvalue weighted by Crippen LogP contribution is 2.28. The first kappa shape index (κ1) is 24.1. The predicted octanol–water partition coefficient (Wildman–Crippen LogP) is 3.70. The van der Waals surface area contributed by atoms with Gasteiger partial charge in [0.25, 0.3) is 11.8 Å². The molecule has 7 nitrogen and oxygen atoms in total. The van der Waals surface area contributed by atoms with Gasteiger partial charge in [-0.15, -0.1) is 0 Å². The fourth-order valence-corrected chi connectivity index (χ4v) is 2.85. The Hall–Kier alpha value is -3.13. The summed E-state index contributed by atoms with van der Waals surface area (Å²) in [5.74, 6) is 0.848. The molecule has 0 saturated heterocycles. The van der Waals surface area contributed by atoms with Crippen LogP contribution < -0.4 is 25.6 Å². The van der Waals surface area contributed by atoms with Crippen LogP contribution in [0.2, 0.25) is 0 Å². The Morgan fingerprint density at radius 3 is 2.32 bits per heavy atom. The minimum atomic E-state index is -0.425. The van der Waals surface area contributed by atoms with Crippen LogP contribution in [-0.4, -0.2) is 29.6 Å². The van der Waals surface area contributed by atoms with Gasteiger partial charge in [-0.05, 0) is 74.3 Å². The molecule has 0 heterocycles. The molecule has 0 aliphatic rings. The van der Waals surface area contributed by atoms with Gasteiger partial charge in [-0.3, -0.25) is 25.8 Å². The number of thiocarbonyl (C=S) groups is 1. The van der Waals surface area contributed by atoms with Crippen molar-refractivity contribution >= 4 is 29.1 Å². The highest BCUT2D eigenvalue weighted by molar-refractivity contribution is 7.80. The van der Waals surface area contributed by atoms with Crippen LogP contribution >= 0.6 is 12.2 Å². The zero-order valence-electron chi connectivity index (χ0n) is 18.2. The normalized spacial score (nSPS) is 11.4. The van der Waals surface area contributed by atoms with E-state index in [2.05, 4.69) is 30.0 Å². The molecule has 2 rings (SSSR count). The fourth-order valence-electron chi connectivity index (χ4n) is 2.71. The van der Waals surface area contributed by atoms with E-state index in [1.807, 2.05) is 38.1 Å². The summed E-state index contributed by atoms with van der Waals surface area (Å²) in [7, 11) is 0. The van der Waals surface area contributed by atoms with E-state index in [1.165, 1.54) is 0 Å². The Labute approximate surface area is 188 Å². The number of ether oxygens (including phenoxy) is 2. The maximum Gasteiger partial charge on any atom is 0.276 e. The summed E-state index contributed by atoms with van der Waals surface area (Å²) in [6.45, 7) is 7.87. The first-order valence-corrected chi connectivity index (χ1v) is 10.6. The lowest BCUT2D eigenvalue weighted by Gasteiger charge is -2.16. The molecule has 0 aromatic heterocycles. The summed E-state index contributed by atoms with van der Waals surface area (Å²) in [5, 5.41) is 2.48. The van der Waals surface area contributed by atoms with Crippen molar-refractivity contribution in [2.45, 2.75) is 46.1 Å². The lowest BCUT2D eigenvalue weighted by molar-refractivity contribution is -0.123. The van der Waals surface area contributed by atoms with E-state index in [0.29, 0.717) is 23.0 Å². The van der Waals surface area contributed by atoms with E-state index in [-0.39, 0.29) is 17.8 Å². The molecule has 1 unspecified atom stereocenters. The monoisotopic (exact) mass is 443 g/mol.